The maximum atomic E-state index is 10.9. The van der Waals surface area contributed by atoms with E-state index in [1.807, 2.05) is 24.3 Å². The van der Waals surface area contributed by atoms with E-state index < -0.39 is 0 Å². The molecule has 0 aliphatic heterocycles. The van der Waals surface area contributed by atoms with E-state index in [0.29, 0.717) is 6.54 Å². The Morgan fingerprint density at radius 3 is 2.32 bits per heavy atom. The van der Waals surface area contributed by atoms with Crippen molar-refractivity contribution in [3.63, 3.8) is 0 Å². The number of hydrogen-bond acceptors (Lipinski definition) is 3. The molecule has 0 bridgehead atoms. The van der Waals surface area contributed by atoms with Crippen LogP contribution in [-0.4, -0.2) is 16.9 Å². The topological polar surface area (TPSA) is 68.0 Å². The average Bonchev–Trinajstić information content (AvgIpc) is 2.46. The number of nitrogens with two attached hydrogens (primary N) is 1. The van der Waals surface area contributed by atoms with Crippen LogP contribution in [0, 0.1) is 0 Å². The van der Waals surface area contributed by atoms with Crippen molar-refractivity contribution >= 4 is 5.91 Å². The zero-order chi connectivity index (χ0) is 13.7. The van der Waals surface area contributed by atoms with Crippen LogP contribution in [0.1, 0.15) is 12.5 Å². The zero-order valence-electron chi connectivity index (χ0n) is 10.8. The number of nitrogens with one attached hydrogen (secondary N) is 1. The van der Waals surface area contributed by atoms with Gasteiger partial charge in [-0.05, 0) is 35.7 Å². The van der Waals surface area contributed by atoms with E-state index >= 15 is 0 Å². The number of primary amides is 1. The van der Waals surface area contributed by atoms with Gasteiger partial charge in [0.1, 0.15) is 0 Å². The second-order valence-electron chi connectivity index (χ2n) is 4.44. The third-order valence-corrected chi connectivity index (χ3v) is 3.01. The van der Waals surface area contributed by atoms with Gasteiger partial charge in [0.05, 0.1) is 6.04 Å². The van der Waals surface area contributed by atoms with Gasteiger partial charge in [-0.25, -0.2) is 0 Å². The fourth-order valence-electron chi connectivity index (χ4n) is 1.73. The highest BCUT2D eigenvalue weighted by molar-refractivity contribution is 5.79. The van der Waals surface area contributed by atoms with E-state index in [4.69, 9.17) is 5.73 Å². The second kappa shape index (κ2) is 6.11. The highest BCUT2D eigenvalue weighted by Gasteiger charge is 2.06. The predicted octanol–water partition coefficient (Wildman–Crippen LogP) is 1.71. The first-order chi connectivity index (χ1) is 9.16. The minimum atomic E-state index is -0.339. The first kappa shape index (κ1) is 13.2. The summed E-state index contributed by atoms with van der Waals surface area (Å²) in [7, 11) is 0. The summed E-state index contributed by atoms with van der Waals surface area (Å²) in [6, 6.07) is 11.8. The summed E-state index contributed by atoms with van der Waals surface area (Å²) in [6.45, 7) is 2.38. The second-order valence-corrected chi connectivity index (χ2v) is 4.44. The monoisotopic (exact) mass is 255 g/mol. The third-order valence-electron chi connectivity index (χ3n) is 3.01. The fourth-order valence-corrected chi connectivity index (χ4v) is 1.73. The molecule has 3 N–H and O–H groups in total. The predicted molar refractivity (Wildman–Crippen MR) is 75.2 cm³/mol. The highest BCUT2D eigenvalue weighted by Crippen LogP contribution is 2.18. The number of benzene rings is 1. The Labute approximate surface area is 112 Å². The van der Waals surface area contributed by atoms with Crippen molar-refractivity contribution in [1.29, 1.82) is 0 Å². The normalized spacial score (nSPS) is 12.1. The van der Waals surface area contributed by atoms with Crippen LogP contribution >= 0.6 is 0 Å². The molecule has 4 nitrogen and oxygen atoms in total. The number of carbonyl (C=O) groups is 1. The lowest BCUT2D eigenvalue weighted by molar-refractivity contribution is -0.119. The van der Waals surface area contributed by atoms with Crippen molar-refractivity contribution in [3.05, 3.63) is 54.4 Å². The Hall–Kier alpha value is -2.20. The van der Waals surface area contributed by atoms with Crippen molar-refractivity contribution in [2.45, 2.75) is 19.5 Å². The van der Waals surface area contributed by atoms with Gasteiger partial charge in [-0.1, -0.05) is 24.3 Å². The number of rotatable bonds is 5. The summed E-state index contributed by atoms with van der Waals surface area (Å²) in [5, 5.41) is 3.07. The van der Waals surface area contributed by atoms with Gasteiger partial charge >= 0.3 is 0 Å². The molecule has 1 aromatic carbocycles. The number of nitrogens with zero attached hydrogens (tertiary/aromatic N) is 1. The molecule has 0 unspecified atom stereocenters. The standard InChI is InChI=1S/C15H17N3O/c1-11(15(16)19)18-10-12-2-4-13(5-3-12)14-6-8-17-9-7-14/h2-9,11,18H,10H2,1H3,(H2,16,19)/t11-/m0/s1. The van der Waals surface area contributed by atoms with Gasteiger partial charge in [0.25, 0.3) is 0 Å². The summed E-state index contributed by atoms with van der Waals surface area (Å²) >= 11 is 0. The van der Waals surface area contributed by atoms with Crippen LogP contribution in [0.5, 0.6) is 0 Å². The first-order valence-electron chi connectivity index (χ1n) is 6.19. The fraction of sp³-hybridized carbons (Fsp3) is 0.200. The quantitative estimate of drug-likeness (QED) is 0.854. The summed E-state index contributed by atoms with van der Waals surface area (Å²) in [5.74, 6) is -0.339. The van der Waals surface area contributed by atoms with Gasteiger partial charge in [0.15, 0.2) is 0 Å². The smallest absolute Gasteiger partial charge is 0.234 e. The zero-order valence-corrected chi connectivity index (χ0v) is 10.8. The Morgan fingerprint density at radius 1 is 1.16 bits per heavy atom. The molecule has 1 heterocycles. The average molecular weight is 255 g/mol. The molecule has 0 saturated carbocycles. The molecule has 98 valence electrons. The van der Waals surface area contributed by atoms with Crippen LogP contribution in [0.2, 0.25) is 0 Å². The number of amides is 1. The number of hydrogen-bond donors (Lipinski definition) is 2. The Bertz CT molecular complexity index is 537. The molecule has 0 saturated heterocycles. The van der Waals surface area contributed by atoms with E-state index in [0.717, 1.165) is 16.7 Å². The van der Waals surface area contributed by atoms with Crippen LogP contribution in [0.4, 0.5) is 0 Å². The van der Waals surface area contributed by atoms with E-state index in [2.05, 4.69) is 22.4 Å². The van der Waals surface area contributed by atoms with Gasteiger partial charge in [-0.15, -0.1) is 0 Å². The van der Waals surface area contributed by atoms with E-state index in [1.54, 1.807) is 19.3 Å². The van der Waals surface area contributed by atoms with Crippen molar-refractivity contribution in [3.8, 4) is 11.1 Å². The molecule has 0 fully saturated rings. The maximum absolute atomic E-state index is 10.9. The molecule has 0 spiro atoms. The summed E-state index contributed by atoms with van der Waals surface area (Å²) in [5.41, 5.74) is 8.60. The summed E-state index contributed by atoms with van der Waals surface area (Å²) in [6.07, 6.45) is 3.55. The summed E-state index contributed by atoms with van der Waals surface area (Å²) in [4.78, 5) is 14.9. The minimum Gasteiger partial charge on any atom is -0.368 e. The van der Waals surface area contributed by atoms with Crippen LogP contribution in [0.15, 0.2) is 48.8 Å². The first-order valence-corrected chi connectivity index (χ1v) is 6.19. The summed E-state index contributed by atoms with van der Waals surface area (Å²) < 4.78 is 0. The maximum Gasteiger partial charge on any atom is 0.234 e. The number of aromatic nitrogens is 1. The molecule has 2 rings (SSSR count). The minimum absolute atomic E-state index is 0.320. The molecule has 0 aliphatic carbocycles. The number of carbonyl (C=O) groups excluding carboxylic acids is 1. The molecular formula is C15H17N3O. The Balaban J connectivity index is 2.01. The molecule has 2 aromatic rings. The number of pyridine rings is 1. The molecule has 4 heteroatoms. The Morgan fingerprint density at radius 2 is 1.74 bits per heavy atom. The SMILES string of the molecule is C[C@H](NCc1ccc(-c2ccncc2)cc1)C(N)=O. The lowest BCUT2D eigenvalue weighted by Gasteiger charge is -2.10. The van der Waals surface area contributed by atoms with Crippen molar-refractivity contribution in [2.75, 3.05) is 0 Å². The molecule has 1 aromatic heterocycles. The lowest BCUT2D eigenvalue weighted by atomic mass is 10.1. The molecule has 0 aliphatic rings. The molecule has 1 amide bonds. The lowest BCUT2D eigenvalue weighted by Crippen LogP contribution is -2.38. The largest absolute Gasteiger partial charge is 0.368 e. The molecule has 19 heavy (non-hydrogen) atoms. The highest BCUT2D eigenvalue weighted by atomic mass is 16.1. The van der Waals surface area contributed by atoms with E-state index in [1.165, 1.54) is 0 Å². The van der Waals surface area contributed by atoms with Gasteiger partial charge in [-0.3, -0.25) is 9.78 Å². The molecule has 1 atom stereocenters. The van der Waals surface area contributed by atoms with Gasteiger partial charge in [0, 0.05) is 18.9 Å². The van der Waals surface area contributed by atoms with Gasteiger partial charge in [-0.2, -0.15) is 0 Å². The van der Waals surface area contributed by atoms with E-state index in [-0.39, 0.29) is 11.9 Å². The van der Waals surface area contributed by atoms with E-state index in [9.17, 15) is 4.79 Å². The Kier molecular flexibility index (Phi) is 4.26. The van der Waals surface area contributed by atoms with Crippen molar-refractivity contribution < 1.29 is 4.79 Å². The molecule has 0 radical (unpaired) electrons. The third kappa shape index (κ3) is 3.63. The van der Waals surface area contributed by atoms with Crippen LogP contribution in [0.3, 0.4) is 0 Å². The van der Waals surface area contributed by atoms with Crippen LogP contribution in [0.25, 0.3) is 11.1 Å². The van der Waals surface area contributed by atoms with Crippen molar-refractivity contribution in [2.24, 2.45) is 5.73 Å². The van der Waals surface area contributed by atoms with Crippen molar-refractivity contribution in [1.82, 2.24) is 10.3 Å². The van der Waals surface area contributed by atoms with Gasteiger partial charge < -0.3 is 11.1 Å². The van der Waals surface area contributed by atoms with Crippen LogP contribution in [-0.2, 0) is 11.3 Å². The van der Waals surface area contributed by atoms with Crippen LogP contribution < -0.4 is 11.1 Å². The molecular weight excluding hydrogens is 238 g/mol. The van der Waals surface area contributed by atoms with Gasteiger partial charge in [0.2, 0.25) is 5.91 Å².